The first kappa shape index (κ1) is 25.3. The second-order valence-electron chi connectivity index (χ2n) is 9.81. The standard InChI is InChI=1S/C30H31FN4O4/c1-32-25-17-19(3-5-27(25)38-21-7-14-37-15-8-21)22-6-9-34-26-18-28(39-29(22)26)23-4-2-20(16-24(23)31)30(36)35-12-10-33-11-13-35/h2-6,9,16-18,21,32-33H,7-8,10-15H2,1H3. The highest BCUT2D eigenvalue weighted by atomic mass is 19.1. The predicted molar refractivity (Wildman–Crippen MR) is 148 cm³/mol. The second kappa shape index (κ2) is 11.0. The van der Waals surface area contributed by atoms with E-state index in [0.717, 1.165) is 48.5 Å². The van der Waals surface area contributed by atoms with E-state index in [1.165, 1.54) is 6.07 Å². The van der Waals surface area contributed by atoms with E-state index in [4.69, 9.17) is 13.9 Å². The van der Waals surface area contributed by atoms with Crippen molar-refractivity contribution >= 4 is 22.7 Å². The third-order valence-electron chi connectivity index (χ3n) is 7.32. The lowest BCUT2D eigenvalue weighted by Crippen LogP contribution is -2.46. The van der Waals surface area contributed by atoms with Crippen molar-refractivity contribution < 1.29 is 23.1 Å². The third-order valence-corrected chi connectivity index (χ3v) is 7.32. The average molecular weight is 531 g/mol. The average Bonchev–Trinajstić information content (AvgIpc) is 3.42. The van der Waals surface area contributed by atoms with E-state index in [1.54, 1.807) is 29.3 Å². The predicted octanol–water partition coefficient (Wildman–Crippen LogP) is 4.95. The molecule has 0 bridgehead atoms. The highest BCUT2D eigenvalue weighted by Gasteiger charge is 2.22. The van der Waals surface area contributed by atoms with Crippen LogP contribution in [-0.4, -0.2) is 68.3 Å². The van der Waals surface area contributed by atoms with E-state index < -0.39 is 5.82 Å². The number of hydrogen-bond donors (Lipinski definition) is 2. The van der Waals surface area contributed by atoms with Crippen LogP contribution in [0.4, 0.5) is 10.1 Å². The van der Waals surface area contributed by atoms with Gasteiger partial charge < -0.3 is 29.4 Å². The summed E-state index contributed by atoms with van der Waals surface area (Å²) in [5, 5.41) is 6.45. The minimum absolute atomic E-state index is 0.130. The molecule has 0 aliphatic carbocycles. The number of fused-ring (bicyclic) bond motifs is 1. The quantitative estimate of drug-likeness (QED) is 0.365. The van der Waals surface area contributed by atoms with Gasteiger partial charge in [-0.05, 0) is 42.0 Å². The summed E-state index contributed by atoms with van der Waals surface area (Å²) >= 11 is 0. The molecule has 0 radical (unpaired) electrons. The maximum Gasteiger partial charge on any atom is 0.254 e. The molecule has 2 aliphatic rings. The fourth-order valence-electron chi connectivity index (χ4n) is 5.17. The summed E-state index contributed by atoms with van der Waals surface area (Å²) in [6.45, 7) is 4.12. The summed E-state index contributed by atoms with van der Waals surface area (Å²) in [6.07, 6.45) is 3.58. The summed E-state index contributed by atoms with van der Waals surface area (Å²) in [5.74, 6) is 0.469. The third kappa shape index (κ3) is 5.20. The summed E-state index contributed by atoms with van der Waals surface area (Å²) in [4.78, 5) is 19.0. The van der Waals surface area contributed by atoms with Crippen molar-refractivity contribution in [1.82, 2.24) is 15.2 Å². The largest absolute Gasteiger partial charge is 0.488 e. The Morgan fingerprint density at radius 3 is 2.67 bits per heavy atom. The number of nitrogens with zero attached hydrogens (tertiary/aromatic N) is 2. The number of pyridine rings is 1. The molecule has 0 unspecified atom stereocenters. The van der Waals surface area contributed by atoms with Crippen molar-refractivity contribution in [3.8, 4) is 28.2 Å². The molecule has 0 spiro atoms. The number of amides is 1. The summed E-state index contributed by atoms with van der Waals surface area (Å²) in [6, 6.07) is 14.1. The number of ether oxygens (including phenoxy) is 2. The van der Waals surface area contributed by atoms with Crippen LogP contribution in [0, 0.1) is 5.82 Å². The molecule has 9 heteroatoms. The van der Waals surface area contributed by atoms with E-state index in [2.05, 4.69) is 15.6 Å². The number of benzene rings is 2. The van der Waals surface area contributed by atoms with Gasteiger partial charge in [0.1, 0.15) is 28.9 Å². The number of aromatic nitrogens is 1. The molecule has 6 rings (SSSR count). The monoisotopic (exact) mass is 530 g/mol. The Morgan fingerprint density at radius 1 is 1.08 bits per heavy atom. The second-order valence-corrected chi connectivity index (χ2v) is 9.81. The SMILES string of the molecule is CNc1cc(-c2ccnc3cc(-c4ccc(C(=O)N5CCNCC5)cc4F)oc23)ccc1OC1CCOCC1. The molecule has 4 aromatic rings. The Balaban J connectivity index is 1.29. The van der Waals surface area contributed by atoms with Crippen molar-refractivity contribution in [2.45, 2.75) is 18.9 Å². The van der Waals surface area contributed by atoms with Crippen LogP contribution in [0.1, 0.15) is 23.2 Å². The molecule has 1 amide bonds. The number of halogens is 1. The molecule has 2 fully saturated rings. The Bertz CT molecular complexity index is 1490. The van der Waals surface area contributed by atoms with Crippen LogP contribution in [0.3, 0.4) is 0 Å². The van der Waals surface area contributed by atoms with Crippen molar-refractivity contribution in [2.75, 3.05) is 51.8 Å². The molecule has 0 saturated carbocycles. The van der Waals surface area contributed by atoms with Gasteiger partial charge in [0.2, 0.25) is 0 Å². The van der Waals surface area contributed by atoms with Gasteiger partial charge in [-0.2, -0.15) is 0 Å². The van der Waals surface area contributed by atoms with Crippen molar-refractivity contribution in [3.05, 3.63) is 66.1 Å². The molecule has 4 heterocycles. The number of piperazine rings is 1. The van der Waals surface area contributed by atoms with E-state index in [9.17, 15) is 4.79 Å². The molecule has 2 aliphatic heterocycles. The summed E-state index contributed by atoms with van der Waals surface area (Å²) < 4.78 is 33.1. The van der Waals surface area contributed by atoms with Crippen LogP contribution in [0.5, 0.6) is 5.75 Å². The normalized spacial score (nSPS) is 16.4. The molecule has 2 aromatic heterocycles. The van der Waals surface area contributed by atoms with Crippen molar-refractivity contribution in [2.24, 2.45) is 0 Å². The minimum Gasteiger partial charge on any atom is -0.488 e. The number of rotatable bonds is 6. The topological polar surface area (TPSA) is 88.9 Å². The molecule has 2 N–H and O–H groups in total. The molecular formula is C30H31FN4O4. The Kier molecular flexibility index (Phi) is 7.17. The Labute approximate surface area is 226 Å². The van der Waals surface area contributed by atoms with E-state index in [0.29, 0.717) is 48.7 Å². The van der Waals surface area contributed by atoms with Crippen molar-refractivity contribution in [1.29, 1.82) is 0 Å². The van der Waals surface area contributed by atoms with Crippen LogP contribution >= 0.6 is 0 Å². The lowest BCUT2D eigenvalue weighted by Gasteiger charge is -2.27. The number of anilines is 1. The van der Waals surface area contributed by atoms with Gasteiger partial charge in [0.25, 0.3) is 5.91 Å². The number of hydrogen-bond acceptors (Lipinski definition) is 7. The number of carbonyl (C=O) groups is 1. The molecule has 39 heavy (non-hydrogen) atoms. The lowest BCUT2D eigenvalue weighted by atomic mass is 10.0. The first-order valence-electron chi connectivity index (χ1n) is 13.4. The highest BCUT2D eigenvalue weighted by molar-refractivity contribution is 5.96. The van der Waals surface area contributed by atoms with Gasteiger partial charge in [0, 0.05) is 69.5 Å². The zero-order valence-corrected chi connectivity index (χ0v) is 21.8. The van der Waals surface area contributed by atoms with Gasteiger partial charge in [0.05, 0.1) is 24.5 Å². The van der Waals surface area contributed by atoms with Crippen LogP contribution in [0.15, 0.2) is 59.1 Å². The van der Waals surface area contributed by atoms with Gasteiger partial charge in [-0.1, -0.05) is 6.07 Å². The first-order chi connectivity index (χ1) is 19.1. The van der Waals surface area contributed by atoms with E-state index in [1.807, 2.05) is 31.3 Å². The Morgan fingerprint density at radius 2 is 1.90 bits per heavy atom. The zero-order valence-electron chi connectivity index (χ0n) is 21.8. The van der Waals surface area contributed by atoms with Crippen LogP contribution in [-0.2, 0) is 4.74 Å². The smallest absolute Gasteiger partial charge is 0.254 e. The van der Waals surface area contributed by atoms with Gasteiger partial charge in [-0.15, -0.1) is 0 Å². The minimum atomic E-state index is -0.510. The molecule has 0 atom stereocenters. The number of furan rings is 1. The van der Waals surface area contributed by atoms with Crippen molar-refractivity contribution in [3.63, 3.8) is 0 Å². The fourth-order valence-corrected chi connectivity index (χ4v) is 5.17. The Hall–Kier alpha value is -3.95. The molecule has 8 nitrogen and oxygen atoms in total. The van der Waals surface area contributed by atoms with Gasteiger partial charge in [-0.25, -0.2) is 4.39 Å². The van der Waals surface area contributed by atoms with Gasteiger partial charge >= 0.3 is 0 Å². The van der Waals surface area contributed by atoms with Crippen LogP contribution in [0.2, 0.25) is 0 Å². The molecular weight excluding hydrogens is 499 g/mol. The number of carbonyl (C=O) groups excluding carboxylic acids is 1. The summed E-state index contributed by atoms with van der Waals surface area (Å²) in [5.41, 5.74) is 4.43. The van der Waals surface area contributed by atoms with E-state index >= 15 is 4.39 Å². The summed E-state index contributed by atoms with van der Waals surface area (Å²) in [7, 11) is 1.86. The molecule has 2 saturated heterocycles. The van der Waals surface area contributed by atoms with Crippen LogP contribution < -0.4 is 15.4 Å². The maximum absolute atomic E-state index is 15.3. The van der Waals surface area contributed by atoms with E-state index in [-0.39, 0.29) is 17.6 Å². The fraction of sp³-hybridized carbons (Fsp3) is 0.333. The highest BCUT2D eigenvalue weighted by Crippen LogP contribution is 2.38. The zero-order chi connectivity index (χ0) is 26.8. The molecule has 202 valence electrons. The number of nitrogens with one attached hydrogen (secondary N) is 2. The first-order valence-corrected chi connectivity index (χ1v) is 13.4. The van der Waals surface area contributed by atoms with Gasteiger partial charge in [-0.3, -0.25) is 9.78 Å². The van der Waals surface area contributed by atoms with Gasteiger partial charge in [0.15, 0.2) is 5.58 Å². The van der Waals surface area contributed by atoms with Crippen LogP contribution in [0.25, 0.3) is 33.6 Å². The lowest BCUT2D eigenvalue weighted by molar-refractivity contribution is 0.0258. The molecule has 2 aromatic carbocycles. The maximum atomic E-state index is 15.3.